The Morgan fingerprint density at radius 3 is 2.70 bits per heavy atom. The number of benzene rings is 1. The molecule has 0 saturated heterocycles. The molecule has 1 aliphatic rings. The maximum absolute atomic E-state index is 6.05. The minimum absolute atomic E-state index is 0.281. The Hall–Kier alpha value is -2.17. The lowest BCUT2D eigenvalue weighted by molar-refractivity contribution is 0.576. The number of aliphatic imine (C=N–C) groups is 1. The Morgan fingerprint density at radius 2 is 1.96 bits per heavy atom. The zero-order valence-electron chi connectivity index (χ0n) is 15.6. The third-order valence-corrected chi connectivity index (χ3v) is 4.95. The lowest BCUT2D eigenvalue weighted by Gasteiger charge is -2.17. The fourth-order valence-electron chi connectivity index (χ4n) is 3.26. The lowest BCUT2D eigenvalue weighted by atomic mass is 9.92. The highest BCUT2D eigenvalue weighted by molar-refractivity contribution is 6.30. The lowest BCUT2D eigenvalue weighted by Crippen LogP contribution is -2.20. The van der Waals surface area contributed by atoms with Crippen LogP contribution in [0.2, 0.25) is 5.02 Å². The number of hydrogen-bond acceptors (Lipinski definition) is 4. The monoisotopic (exact) mass is 382 g/mol. The van der Waals surface area contributed by atoms with E-state index in [9.17, 15) is 0 Å². The molecule has 0 fully saturated rings. The van der Waals surface area contributed by atoms with Crippen molar-refractivity contribution in [2.75, 3.05) is 19.6 Å². The predicted molar refractivity (Wildman–Crippen MR) is 113 cm³/mol. The Morgan fingerprint density at radius 1 is 1.07 bits per heavy atom. The molecule has 1 aromatic heterocycles. The molecule has 5 heteroatoms. The molecule has 1 unspecified atom stereocenters. The van der Waals surface area contributed by atoms with Crippen LogP contribution < -0.4 is 10.6 Å². The Bertz CT molecular complexity index is 741. The van der Waals surface area contributed by atoms with Crippen molar-refractivity contribution in [1.29, 1.82) is 0 Å². The second kappa shape index (κ2) is 10.9. The molecule has 142 valence electrons. The van der Waals surface area contributed by atoms with E-state index in [1.807, 2.05) is 36.8 Å². The predicted octanol–water partition coefficient (Wildman–Crippen LogP) is 4.53. The summed E-state index contributed by atoms with van der Waals surface area (Å²) in [6.45, 7) is 2.84. The van der Waals surface area contributed by atoms with E-state index < -0.39 is 0 Å². The summed E-state index contributed by atoms with van der Waals surface area (Å²) in [6, 6.07) is 14.2. The summed E-state index contributed by atoms with van der Waals surface area (Å²) in [5.74, 6) is 0.281. The fraction of sp³-hybridized carbons (Fsp3) is 0.364. The van der Waals surface area contributed by atoms with Gasteiger partial charge in [0.1, 0.15) is 0 Å². The van der Waals surface area contributed by atoms with Crippen LogP contribution in [0, 0.1) is 0 Å². The molecular weight excluding hydrogens is 356 g/mol. The largest absolute Gasteiger partial charge is 0.384 e. The van der Waals surface area contributed by atoms with Crippen LogP contribution in [0.15, 0.2) is 65.6 Å². The zero-order chi connectivity index (χ0) is 18.7. The number of hydrogen-bond donors (Lipinski definition) is 2. The number of nitrogens with one attached hydrogen (secondary N) is 2. The second-order valence-corrected chi connectivity index (χ2v) is 7.15. The molecule has 0 radical (unpaired) electrons. The van der Waals surface area contributed by atoms with Crippen LogP contribution in [-0.4, -0.2) is 30.8 Å². The van der Waals surface area contributed by atoms with Crippen molar-refractivity contribution in [3.8, 4) is 0 Å². The van der Waals surface area contributed by atoms with E-state index in [1.165, 1.54) is 5.56 Å². The molecule has 1 aromatic carbocycles. The normalized spacial score (nSPS) is 14.5. The first kappa shape index (κ1) is 19.6. The molecule has 0 amide bonds. The third kappa shape index (κ3) is 6.49. The first-order chi connectivity index (χ1) is 13.3. The summed E-state index contributed by atoms with van der Waals surface area (Å²) < 4.78 is 0. The first-order valence-corrected chi connectivity index (χ1v) is 10.0. The average Bonchev–Trinajstić information content (AvgIpc) is 2.72. The quantitative estimate of drug-likeness (QED) is 0.593. The standard InChI is InChI=1S/C22H27ClN4/c23-19-9-7-18(8-10-19)21(22-6-2-4-13-27-22)11-14-24-12-3-1-5-20-17-25-15-16-26-20/h2,4,6-10,13,16-17,21,24-25H,1,3,5,11-12,14-15H2. The van der Waals surface area contributed by atoms with Gasteiger partial charge in [0.25, 0.3) is 0 Å². The van der Waals surface area contributed by atoms with Crippen LogP contribution in [0.4, 0.5) is 0 Å². The van der Waals surface area contributed by atoms with Crippen molar-refractivity contribution >= 4 is 17.8 Å². The number of aromatic nitrogens is 1. The third-order valence-electron chi connectivity index (χ3n) is 4.70. The van der Waals surface area contributed by atoms with E-state index in [-0.39, 0.29) is 5.92 Å². The average molecular weight is 383 g/mol. The zero-order valence-corrected chi connectivity index (χ0v) is 16.3. The summed E-state index contributed by atoms with van der Waals surface area (Å²) in [5.41, 5.74) is 3.52. The summed E-state index contributed by atoms with van der Waals surface area (Å²) in [4.78, 5) is 8.97. The maximum Gasteiger partial charge on any atom is 0.0556 e. The van der Waals surface area contributed by atoms with Gasteiger partial charge >= 0.3 is 0 Å². The van der Waals surface area contributed by atoms with Gasteiger partial charge in [-0.05, 0) is 68.6 Å². The second-order valence-electron chi connectivity index (χ2n) is 6.71. The van der Waals surface area contributed by atoms with Crippen LogP contribution in [0.1, 0.15) is 42.9 Å². The molecule has 1 aliphatic heterocycles. The first-order valence-electron chi connectivity index (χ1n) is 9.65. The number of rotatable bonds is 10. The molecule has 2 aromatic rings. The van der Waals surface area contributed by atoms with Gasteiger partial charge in [-0.3, -0.25) is 9.98 Å². The van der Waals surface area contributed by atoms with Crippen LogP contribution in [-0.2, 0) is 0 Å². The molecule has 2 heterocycles. The molecular formula is C22H27ClN4. The minimum atomic E-state index is 0.281. The van der Waals surface area contributed by atoms with Gasteiger partial charge in [-0.25, -0.2) is 0 Å². The van der Waals surface area contributed by atoms with E-state index >= 15 is 0 Å². The smallest absolute Gasteiger partial charge is 0.0556 e. The van der Waals surface area contributed by atoms with Gasteiger partial charge in [0.2, 0.25) is 0 Å². The summed E-state index contributed by atoms with van der Waals surface area (Å²) >= 11 is 6.05. The molecule has 0 aliphatic carbocycles. The molecule has 2 N–H and O–H groups in total. The molecule has 1 atom stereocenters. The van der Waals surface area contributed by atoms with Crippen molar-refractivity contribution in [3.63, 3.8) is 0 Å². The van der Waals surface area contributed by atoms with Crippen LogP contribution >= 0.6 is 11.6 Å². The van der Waals surface area contributed by atoms with Gasteiger partial charge in [-0.15, -0.1) is 0 Å². The number of nitrogens with zero attached hydrogens (tertiary/aromatic N) is 2. The molecule has 27 heavy (non-hydrogen) atoms. The number of unbranched alkanes of at least 4 members (excludes halogenated alkanes) is 1. The van der Waals surface area contributed by atoms with Crippen LogP contribution in [0.25, 0.3) is 0 Å². The Kier molecular flexibility index (Phi) is 7.87. The highest BCUT2D eigenvalue weighted by Gasteiger charge is 2.15. The van der Waals surface area contributed by atoms with Crippen molar-refractivity contribution in [2.24, 2.45) is 4.99 Å². The van der Waals surface area contributed by atoms with Gasteiger partial charge in [0, 0.05) is 41.8 Å². The SMILES string of the molecule is Clc1ccc(C(CCNCCCCC2=CNCC=N2)c2ccccn2)cc1. The van der Waals surface area contributed by atoms with E-state index in [0.717, 1.165) is 61.7 Å². The fourth-order valence-corrected chi connectivity index (χ4v) is 3.38. The van der Waals surface area contributed by atoms with Gasteiger partial charge in [0.15, 0.2) is 0 Å². The summed E-state index contributed by atoms with van der Waals surface area (Å²) in [5, 5.41) is 7.55. The highest BCUT2D eigenvalue weighted by atomic mass is 35.5. The van der Waals surface area contributed by atoms with Crippen molar-refractivity contribution < 1.29 is 0 Å². The Labute approximate surface area is 166 Å². The summed E-state index contributed by atoms with van der Waals surface area (Å²) in [7, 11) is 0. The minimum Gasteiger partial charge on any atom is -0.384 e. The molecule has 0 spiro atoms. The maximum atomic E-state index is 6.05. The highest BCUT2D eigenvalue weighted by Crippen LogP contribution is 2.27. The summed E-state index contributed by atoms with van der Waals surface area (Å²) in [6.07, 6.45) is 10.2. The van der Waals surface area contributed by atoms with Crippen molar-refractivity contribution in [2.45, 2.75) is 31.6 Å². The van der Waals surface area contributed by atoms with E-state index in [0.29, 0.717) is 0 Å². The van der Waals surface area contributed by atoms with Crippen molar-refractivity contribution in [1.82, 2.24) is 15.6 Å². The van der Waals surface area contributed by atoms with E-state index in [4.69, 9.17) is 11.6 Å². The molecule has 3 rings (SSSR count). The van der Waals surface area contributed by atoms with Crippen LogP contribution in [0.3, 0.4) is 0 Å². The van der Waals surface area contributed by atoms with Gasteiger partial charge in [0.05, 0.1) is 5.70 Å². The van der Waals surface area contributed by atoms with E-state index in [2.05, 4.69) is 44.9 Å². The molecule has 0 saturated carbocycles. The Balaban J connectivity index is 1.43. The van der Waals surface area contributed by atoms with Crippen molar-refractivity contribution in [3.05, 3.63) is 76.8 Å². The van der Waals surface area contributed by atoms with Gasteiger partial charge in [-0.2, -0.15) is 0 Å². The van der Waals surface area contributed by atoms with Gasteiger partial charge in [-0.1, -0.05) is 29.8 Å². The van der Waals surface area contributed by atoms with Gasteiger partial charge < -0.3 is 10.6 Å². The molecule has 4 nitrogen and oxygen atoms in total. The number of halogens is 1. The number of allylic oxidation sites excluding steroid dienone is 1. The van der Waals surface area contributed by atoms with E-state index in [1.54, 1.807) is 0 Å². The molecule has 0 bridgehead atoms. The van der Waals surface area contributed by atoms with Crippen LogP contribution in [0.5, 0.6) is 0 Å². The topological polar surface area (TPSA) is 49.3 Å². The number of pyridine rings is 1.